The third-order valence-corrected chi connectivity index (χ3v) is 1.46. The van der Waals surface area contributed by atoms with Crippen LogP contribution in [0.2, 0.25) is 0 Å². The Labute approximate surface area is 62.0 Å². The summed E-state index contributed by atoms with van der Waals surface area (Å²) in [6.07, 6.45) is -3.54. The number of alkyl halides is 3. The fourth-order valence-corrected chi connectivity index (χ4v) is 0.947. The number of likely N-dealkylation sites (tertiary alicyclic amines) is 1. The number of amides is 1. The van der Waals surface area contributed by atoms with Gasteiger partial charge in [0.2, 0.25) is 0 Å². The molecule has 0 aromatic heterocycles. The molecule has 0 aliphatic carbocycles. The van der Waals surface area contributed by atoms with Crippen molar-refractivity contribution >= 4 is 5.91 Å². The maximum Gasteiger partial charge on any atom is 0.471 e. The second-order valence-corrected chi connectivity index (χ2v) is 2.32. The van der Waals surface area contributed by atoms with Gasteiger partial charge in [0.05, 0.1) is 6.54 Å². The van der Waals surface area contributed by atoms with Crippen LogP contribution in [0.15, 0.2) is 0 Å². The lowest BCUT2D eigenvalue weighted by atomic mass is 10.4. The Morgan fingerprint density at radius 2 is 2.09 bits per heavy atom. The average molecular weight is 166 g/mol. The summed E-state index contributed by atoms with van der Waals surface area (Å²) in [6.45, 7) is 1.48. The molecule has 0 N–H and O–H groups in total. The summed E-state index contributed by atoms with van der Waals surface area (Å²) in [5.74, 6) is -1.75. The van der Waals surface area contributed by atoms with E-state index in [1.165, 1.54) is 6.54 Å². The Hall–Kier alpha value is -0.740. The third-order valence-electron chi connectivity index (χ3n) is 1.46. The Morgan fingerprint density at radius 3 is 2.45 bits per heavy atom. The van der Waals surface area contributed by atoms with E-state index < -0.39 is 12.1 Å². The molecule has 1 heterocycles. The van der Waals surface area contributed by atoms with E-state index in [0.29, 0.717) is 12.8 Å². The van der Waals surface area contributed by atoms with Crippen molar-refractivity contribution in [2.24, 2.45) is 0 Å². The van der Waals surface area contributed by atoms with E-state index in [1.54, 1.807) is 0 Å². The second-order valence-electron chi connectivity index (χ2n) is 2.32. The van der Waals surface area contributed by atoms with Crippen molar-refractivity contribution in [2.75, 3.05) is 6.54 Å². The first-order valence-electron chi connectivity index (χ1n) is 3.23. The summed E-state index contributed by atoms with van der Waals surface area (Å²) >= 11 is 0. The van der Waals surface area contributed by atoms with Crippen LogP contribution < -0.4 is 0 Å². The lowest BCUT2D eigenvalue weighted by Gasteiger charge is -2.15. The van der Waals surface area contributed by atoms with Gasteiger partial charge in [0.1, 0.15) is 0 Å². The van der Waals surface area contributed by atoms with E-state index in [9.17, 15) is 18.0 Å². The fourth-order valence-electron chi connectivity index (χ4n) is 0.947. The van der Waals surface area contributed by atoms with E-state index in [1.807, 2.05) is 0 Å². The average Bonchev–Trinajstić information content (AvgIpc) is 2.34. The number of carbonyl (C=O) groups is 1. The zero-order chi connectivity index (χ0) is 8.48. The summed E-state index contributed by atoms with van der Waals surface area (Å²) in [5.41, 5.74) is 0. The molecule has 2 nitrogen and oxygen atoms in total. The molecule has 1 rings (SSSR count). The molecule has 0 aromatic carbocycles. The van der Waals surface area contributed by atoms with Crippen molar-refractivity contribution in [1.82, 2.24) is 4.90 Å². The maximum absolute atomic E-state index is 11.7. The molecule has 1 saturated heterocycles. The summed E-state index contributed by atoms with van der Waals surface area (Å²) in [4.78, 5) is 11.2. The second kappa shape index (κ2) is 2.71. The van der Waals surface area contributed by atoms with E-state index in [-0.39, 0.29) is 6.54 Å². The van der Waals surface area contributed by atoms with Crippen LogP contribution in [-0.4, -0.2) is 23.5 Å². The standard InChI is InChI=1S/C6H7F3NO/c7-6(8,9)5(11)10-3-1-2-4-10/h3H,1-2,4H2. The minimum atomic E-state index is -4.72. The van der Waals surface area contributed by atoms with E-state index in [4.69, 9.17) is 0 Å². The smallest absolute Gasteiger partial charge is 0.330 e. The van der Waals surface area contributed by atoms with Crippen LogP contribution in [0.3, 0.4) is 0 Å². The lowest BCUT2D eigenvalue weighted by molar-refractivity contribution is -0.182. The van der Waals surface area contributed by atoms with Crippen LogP contribution in [0, 0.1) is 6.54 Å². The van der Waals surface area contributed by atoms with Gasteiger partial charge in [-0.3, -0.25) is 4.79 Å². The van der Waals surface area contributed by atoms with Crippen molar-refractivity contribution in [3.63, 3.8) is 0 Å². The summed E-state index contributed by atoms with van der Waals surface area (Å²) in [5, 5.41) is 0. The van der Waals surface area contributed by atoms with Crippen LogP contribution in [0.5, 0.6) is 0 Å². The van der Waals surface area contributed by atoms with Gasteiger partial charge in [-0.15, -0.1) is 0 Å². The lowest BCUT2D eigenvalue weighted by Crippen LogP contribution is -2.37. The number of rotatable bonds is 0. The predicted molar refractivity (Wildman–Crippen MR) is 31.3 cm³/mol. The number of hydrogen-bond acceptors (Lipinski definition) is 1. The Morgan fingerprint density at radius 1 is 1.45 bits per heavy atom. The molecule has 11 heavy (non-hydrogen) atoms. The maximum atomic E-state index is 11.7. The zero-order valence-electron chi connectivity index (χ0n) is 5.69. The SMILES string of the molecule is O=C(N1[CH]CCC1)C(F)(F)F. The van der Waals surface area contributed by atoms with Crippen LogP contribution >= 0.6 is 0 Å². The molecule has 0 atom stereocenters. The van der Waals surface area contributed by atoms with Crippen molar-refractivity contribution < 1.29 is 18.0 Å². The normalized spacial score (nSPS) is 19.0. The molecule has 0 bridgehead atoms. The molecule has 0 spiro atoms. The van der Waals surface area contributed by atoms with Crippen LogP contribution in [0.25, 0.3) is 0 Å². The number of hydrogen-bond donors (Lipinski definition) is 0. The van der Waals surface area contributed by atoms with E-state index >= 15 is 0 Å². The quantitative estimate of drug-likeness (QED) is 0.531. The van der Waals surface area contributed by atoms with Crippen LogP contribution in [0.1, 0.15) is 12.8 Å². The van der Waals surface area contributed by atoms with Crippen molar-refractivity contribution in [2.45, 2.75) is 19.0 Å². The zero-order valence-corrected chi connectivity index (χ0v) is 5.69. The molecule has 1 aliphatic rings. The highest BCUT2D eigenvalue weighted by Gasteiger charge is 2.43. The van der Waals surface area contributed by atoms with Crippen molar-refractivity contribution in [3.05, 3.63) is 6.54 Å². The fraction of sp³-hybridized carbons (Fsp3) is 0.667. The first-order valence-corrected chi connectivity index (χ1v) is 3.23. The van der Waals surface area contributed by atoms with Gasteiger partial charge in [-0.05, 0) is 12.8 Å². The number of nitrogens with zero attached hydrogens (tertiary/aromatic N) is 1. The Kier molecular flexibility index (Phi) is 2.06. The summed E-state index contributed by atoms with van der Waals surface area (Å²) < 4.78 is 35.1. The third kappa shape index (κ3) is 1.85. The molecule has 5 heteroatoms. The van der Waals surface area contributed by atoms with Crippen LogP contribution in [-0.2, 0) is 4.79 Å². The van der Waals surface area contributed by atoms with Gasteiger partial charge in [0, 0.05) is 6.54 Å². The largest absolute Gasteiger partial charge is 0.471 e. The minimum Gasteiger partial charge on any atom is -0.330 e. The molecule has 0 saturated carbocycles. The molecule has 1 amide bonds. The van der Waals surface area contributed by atoms with E-state index in [2.05, 4.69) is 0 Å². The van der Waals surface area contributed by atoms with Crippen molar-refractivity contribution in [3.8, 4) is 0 Å². The first kappa shape index (κ1) is 8.36. The molecule has 0 aromatic rings. The number of carbonyl (C=O) groups excluding carboxylic acids is 1. The van der Waals surface area contributed by atoms with Crippen LogP contribution in [0.4, 0.5) is 13.2 Å². The topological polar surface area (TPSA) is 20.3 Å². The molecule has 1 aliphatic heterocycles. The summed E-state index contributed by atoms with van der Waals surface area (Å²) in [7, 11) is 0. The number of halogens is 3. The molecule has 63 valence electrons. The Bertz CT molecular complexity index is 160. The van der Waals surface area contributed by atoms with Crippen molar-refractivity contribution in [1.29, 1.82) is 0 Å². The molecular formula is C6H7F3NO. The molecule has 0 unspecified atom stereocenters. The van der Waals surface area contributed by atoms with Gasteiger partial charge in [0.25, 0.3) is 0 Å². The molecule has 1 fully saturated rings. The highest BCUT2D eigenvalue weighted by molar-refractivity contribution is 5.82. The monoisotopic (exact) mass is 166 g/mol. The predicted octanol–water partition coefficient (Wildman–Crippen LogP) is 1.33. The molecule has 1 radical (unpaired) electrons. The van der Waals surface area contributed by atoms with Gasteiger partial charge < -0.3 is 4.90 Å². The summed E-state index contributed by atoms with van der Waals surface area (Å²) in [6, 6.07) is 0. The highest BCUT2D eigenvalue weighted by Crippen LogP contribution is 2.22. The Balaban J connectivity index is 2.53. The van der Waals surface area contributed by atoms with Gasteiger partial charge in [-0.1, -0.05) is 0 Å². The first-order chi connectivity index (χ1) is 5.02. The molecular weight excluding hydrogens is 159 g/mol. The minimum absolute atomic E-state index is 0.193. The van der Waals surface area contributed by atoms with Gasteiger partial charge >= 0.3 is 12.1 Å². The highest BCUT2D eigenvalue weighted by atomic mass is 19.4. The van der Waals surface area contributed by atoms with Gasteiger partial charge in [0.15, 0.2) is 0 Å². The van der Waals surface area contributed by atoms with E-state index in [0.717, 1.165) is 4.90 Å². The van der Waals surface area contributed by atoms with Gasteiger partial charge in [-0.2, -0.15) is 13.2 Å². The van der Waals surface area contributed by atoms with Gasteiger partial charge in [-0.25, -0.2) is 0 Å².